The van der Waals surface area contributed by atoms with E-state index >= 15 is 0 Å². The SMILES string of the molecule is OCCC1CCCCN1N1CCCCC1. The summed E-state index contributed by atoms with van der Waals surface area (Å²) in [6.07, 6.45) is 9.00. The van der Waals surface area contributed by atoms with Gasteiger partial charge in [0, 0.05) is 32.3 Å². The maximum Gasteiger partial charge on any atom is 0.0446 e. The first kappa shape index (κ1) is 11.4. The maximum atomic E-state index is 9.09. The Labute approximate surface area is 93.0 Å². The molecule has 0 bridgehead atoms. The second-order valence-electron chi connectivity index (χ2n) is 4.84. The minimum absolute atomic E-state index is 0.342. The summed E-state index contributed by atoms with van der Waals surface area (Å²) in [5.41, 5.74) is 0. The molecular weight excluding hydrogens is 188 g/mol. The molecule has 3 heteroatoms. The van der Waals surface area contributed by atoms with Crippen molar-refractivity contribution in [2.45, 2.75) is 51.0 Å². The first-order valence-corrected chi connectivity index (χ1v) is 6.54. The van der Waals surface area contributed by atoms with Gasteiger partial charge >= 0.3 is 0 Å². The largest absolute Gasteiger partial charge is 0.396 e. The number of hydrogen-bond donors (Lipinski definition) is 1. The third-order valence-corrected chi connectivity index (χ3v) is 3.75. The van der Waals surface area contributed by atoms with Gasteiger partial charge < -0.3 is 5.11 Å². The molecule has 15 heavy (non-hydrogen) atoms. The fourth-order valence-electron chi connectivity index (χ4n) is 2.93. The van der Waals surface area contributed by atoms with Crippen LogP contribution in [0.4, 0.5) is 0 Å². The molecule has 2 aliphatic rings. The summed E-state index contributed by atoms with van der Waals surface area (Å²) in [6, 6.07) is 0.613. The Morgan fingerprint density at radius 1 is 0.933 bits per heavy atom. The molecule has 0 aliphatic carbocycles. The molecule has 2 aliphatic heterocycles. The van der Waals surface area contributed by atoms with Gasteiger partial charge in [0.1, 0.15) is 0 Å². The summed E-state index contributed by atoms with van der Waals surface area (Å²) in [7, 11) is 0. The molecule has 0 amide bonds. The van der Waals surface area contributed by atoms with Gasteiger partial charge in [0.15, 0.2) is 0 Å². The molecule has 2 rings (SSSR count). The molecule has 1 N–H and O–H groups in total. The Morgan fingerprint density at radius 2 is 1.67 bits per heavy atom. The molecule has 3 nitrogen and oxygen atoms in total. The van der Waals surface area contributed by atoms with Crippen molar-refractivity contribution in [3.63, 3.8) is 0 Å². The Morgan fingerprint density at radius 3 is 2.40 bits per heavy atom. The van der Waals surface area contributed by atoms with E-state index in [-0.39, 0.29) is 0 Å². The lowest BCUT2D eigenvalue weighted by Crippen LogP contribution is -2.53. The summed E-state index contributed by atoms with van der Waals surface area (Å²) in [5, 5.41) is 14.2. The minimum Gasteiger partial charge on any atom is -0.396 e. The zero-order valence-electron chi connectivity index (χ0n) is 9.70. The smallest absolute Gasteiger partial charge is 0.0446 e. The molecule has 2 heterocycles. The third kappa shape index (κ3) is 2.92. The zero-order chi connectivity index (χ0) is 10.5. The summed E-state index contributed by atoms with van der Waals surface area (Å²) in [5.74, 6) is 0. The van der Waals surface area contributed by atoms with Crippen LogP contribution in [0.3, 0.4) is 0 Å². The lowest BCUT2D eigenvalue weighted by Gasteiger charge is -2.44. The Bertz CT molecular complexity index is 168. The average molecular weight is 212 g/mol. The van der Waals surface area contributed by atoms with Crippen LogP contribution < -0.4 is 0 Å². The van der Waals surface area contributed by atoms with Crippen molar-refractivity contribution < 1.29 is 5.11 Å². The van der Waals surface area contributed by atoms with Crippen LogP contribution in [0.2, 0.25) is 0 Å². The highest BCUT2D eigenvalue weighted by Crippen LogP contribution is 2.23. The second-order valence-corrected chi connectivity index (χ2v) is 4.84. The quantitative estimate of drug-likeness (QED) is 0.770. The molecule has 1 atom stereocenters. The maximum absolute atomic E-state index is 9.09. The lowest BCUT2D eigenvalue weighted by atomic mass is 10.0. The third-order valence-electron chi connectivity index (χ3n) is 3.75. The van der Waals surface area contributed by atoms with Crippen molar-refractivity contribution in [2.75, 3.05) is 26.2 Å². The molecule has 0 aromatic carbocycles. The van der Waals surface area contributed by atoms with Crippen molar-refractivity contribution in [3.05, 3.63) is 0 Å². The molecule has 0 aromatic heterocycles. The van der Waals surface area contributed by atoms with Gasteiger partial charge in [0.25, 0.3) is 0 Å². The zero-order valence-corrected chi connectivity index (χ0v) is 9.70. The van der Waals surface area contributed by atoms with Crippen LogP contribution in [-0.4, -0.2) is 47.4 Å². The van der Waals surface area contributed by atoms with Gasteiger partial charge in [-0.25, -0.2) is 10.0 Å². The molecule has 0 spiro atoms. The van der Waals surface area contributed by atoms with Crippen LogP contribution in [0, 0.1) is 0 Å². The number of aliphatic hydroxyl groups is 1. The van der Waals surface area contributed by atoms with E-state index in [1.807, 2.05) is 0 Å². The fourth-order valence-corrected chi connectivity index (χ4v) is 2.93. The van der Waals surface area contributed by atoms with Crippen molar-refractivity contribution in [1.82, 2.24) is 10.0 Å². The van der Waals surface area contributed by atoms with Crippen molar-refractivity contribution in [1.29, 1.82) is 0 Å². The predicted molar refractivity (Wildman–Crippen MR) is 61.5 cm³/mol. The number of rotatable bonds is 3. The van der Waals surface area contributed by atoms with E-state index in [2.05, 4.69) is 10.0 Å². The van der Waals surface area contributed by atoms with Crippen LogP contribution >= 0.6 is 0 Å². The molecular formula is C12H24N2O. The van der Waals surface area contributed by atoms with Crippen LogP contribution in [0.1, 0.15) is 44.9 Å². The topological polar surface area (TPSA) is 26.7 Å². The van der Waals surface area contributed by atoms with Crippen molar-refractivity contribution >= 4 is 0 Å². The number of piperidine rings is 2. The Balaban J connectivity index is 1.90. The summed E-state index contributed by atoms with van der Waals surface area (Å²) in [6.45, 7) is 4.03. The monoisotopic (exact) mass is 212 g/mol. The Hall–Kier alpha value is -0.120. The van der Waals surface area contributed by atoms with Crippen molar-refractivity contribution in [2.24, 2.45) is 0 Å². The van der Waals surface area contributed by atoms with Gasteiger partial charge in [-0.2, -0.15) is 0 Å². The van der Waals surface area contributed by atoms with E-state index in [0.29, 0.717) is 12.6 Å². The number of hydrogen-bond acceptors (Lipinski definition) is 3. The normalized spacial score (nSPS) is 30.6. The number of nitrogens with zero attached hydrogens (tertiary/aromatic N) is 2. The lowest BCUT2D eigenvalue weighted by molar-refractivity contribution is -0.0932. The van der Waals surface area contributed by atoms with Gasteiger partial charge in [-0.1, -0.05) is 12.8 Å². The highest BCUT2D eigenvalue weighted by Gasteiger charge is 2.27. The number of hydrazine groups is 1. The molecule has 2 saturated heterocycles. The predicted octanol–water partition coefficient (Wildman–Crippen LogP) is 1.62. The fraction of sp³-hybridized carbons (Fsp3) is 1.00. The summed E-state index contributed by atoms with van der Waals surface area (Å²) < 4.78 is 0. The van der Waals surface area contributed by atoms with Crippen molar-refractivity contribution in [3.8, 4) is 0 Å². The van der Waals surface area contributed by atoms with Crippen LogP contribution in [0.25, 0.3) is 0 Å². The molecule has 0 saturated carbocycles. The van der Waals surface area contributed by atoms with Crippen LogP contribution in [0.5, 0.6) is 0 Å². The number of aliphatic hydroxyl groups excluding tert-OH is 1. The Kier molecular flexibility index (Phi) is 4.42. The molecule has 0 radical (unpaired) electrons. The highest BCUT2D eigenvalue weighted by atomic mass is 16.3. The standard InChI is InChI=1S/C12H24N2O/c15-11-7-12-6-2-5-10-14(12)13-8-3-1-4-9-13/h12,15H,1-11H2. The first-order chi connectivity index (χ1) is 7.42. The average Bonchev–Trinajstić information content (AvgIpc) is 2.31. The summed E-state index contributed by atoms with van der Waals surface area (Å²) in [4.78, 5) is 0. The van der Waals surface area contributed by atoms with E-state index in [1.165, 1.54) is 58.2 Å². The van der Waals surface area contributed by atoms with Gasteiger partial charge in [0.2, 0.25) is 0 Å². The van der Waals surface area contributed by atoms with Crippen LogP contribution in [-0.2, 0) is 0 Å². The van der Waals surface area contributed by atoms with Gasteiger partial charge in [-0.05, 0) is 32.1 Å². The van der Waals surface area contributed by atoms with E-state index in [4.69, 9.17) is 5.11 Å². The molecule has 0 aromatic rings. The molecule has 88 valence electrons. The van der Waals surface area contributed by atoms with E-state index in [0.717, 1.165) is 6.42 Å². The van der Waals surface area contributed by atoms with E-state index < -0.39 is 0 Å². The van der Waals surface area contributed by atoms with E-state index in [1.54, 1.807) is 0 Å². The first-order valence-electron chi connectivity index (χ1n) is 6.54. The second kappa shape index (κ2) is 5.83. The van der Waals surface area contributed by atoms with Crippen LogP contribution in [0.15, 0.2) is 0 Å². The van der Waals surface area contributed by atoms with Gasteiger partial charge in [-0.3, -0.25) is 0 Å². The van der Waals surface area contributed by atoms with Gasteiger partial charge in [0.05, 0.1) is 0 Å². The summed E-state index contributed by atoms with van der Waals surface area (Å²) >= 11 is 0. The van der Waals surface area contributed by atoms with E-state index in [9.17, 15) is 0 Å². The molecule has 2 fully saturated rings. The molecule has 1 unspecified atom stereocenters. The van der Waals surface area contributed by atoms with Gasteiger partial charge in [-0.15, -0.1) is 0 Å². The minimum atomic E-state index is 0.342. The highest BCUT2D eigenvalue weighted by molar-refractivity contribution is 4.77.